The first-order valence-electron chi connectivity index (χ1n) is 2.20. The summed E-state index contributed by atoms with van der Waals surface area (Å²) in [5.74, 6) is 0. The predicted molar refractivity (Wildman–Crippen MR) is 48.1 cm³/mol. The van der Waals surface area contributed by atoms with Crippen molar-refractivity contribution in [2.24, 2.45) is 0 Å². The van der Waals surface area contributed by atoms with Crippen LogP contribution in [0.3, 0.4) is 0 Å². The van der Waals surface area contributed by atoms with Gasteiger partial charge in [-0.05, 0) is 12.1 Å². The van der Waals surface area contributed by atoms with E-state index in [9.17, 15) is 0 Å². The Balaban J connectivity index is -0.000000163. The Hall–Kier alpha value is 2.02. The molecular formula is C6H7NNa3. The molecule has 0 aliphatic carbocycles. The van der Waals surface area contributed by atoms with E-state index in [0.29, 0.717) is 0 Å². The molecule has 0 saturated carbocycles. The summed E-state index contributed by atoms with van der Waals surface area (Å²) in [6.07, 6.45) is 0. The maximum atomic E-state index is 5.36. The van der Waals surface area contributed by atoms with Gasteiger partial charge < -0.3 is 5.73 Å². The van der Waals surface area contributed by atoms with E-state index in [2.05, 4.69) is 0 Å². The molecule has 0 aliphatic rings. The van der Waals surface area contributed by atoms with E-state index < -0.39 is 0 Å². The van der Waals surface area contributed by atoms with Gasteiger partial charge >= 0.3 is 0 Å². The van der Waals surface area contributed by atoms with Crippen molar-refractivity contribution in [2.45, 2.75) is 0 Å². The molecule has 0 aliphatic heterocycles. The minimum Gasteiger partial charge on any atom is -0.399 e. The third kappa shape index (κ3) is 8.12. The van der Waals surface area contributed by atoms with Crippen LogP contribution in [-0.4, -0.2) is 88.7 Å². The monoisotopic (exact) mass is 162 g/mol. The maximum Gasteiger partial charge on any atom is 0.0313 e. The summed E-state index contributed by atoms with van der Waals surface area (Å²) in [7, 11) is 0. The molecule has 0 unspecified atom stereocenters. The molecule has 1 aromatic rings. The number of benzene rings is 1. The Morgan fingerprint density at radius 3 is 1.40 bits per heavy atom. The van der Waals surface area contributed by atoms with Crippen LogP contribution in [0.25, 0.3) is 0 Å². The molecule has 1 aromatic carbocycles. The standard InChI is InChI=1S/C6H7N.3Na/c7-6-4-2-1-3-5-6;;;/h1-5H,7H2;;;. The first-order chi connectivity index (χ1) is 3.39. The van der Waals surface area contributed by atoms with Crippen LogP contribution in [-0.2, 0) is 0 Å². The van der Waals surface area contributed by atoms with Crippen molar-refractivity contribution in [3.63, 3.8) is 0 Å². The van der Waals surface area contributed by atoms with Gasteiger partial charge in [-0.3, -0.25) is 0 Å². The van der Waals surface area contributed by atoms with Crippen molar-refractivity contribution in [3.05, 3.63) is 30.3 Å². The van der Waals surface area contributed by atoms with E-state index in [1.54, 1.807) is 0 Å². The molecule has 1 rings (SSSR count). The van der Waals surface area contributed by atoms with Crippen molar-refractivity contribution in [2.75, 3.05) is 5.73 Å². The van der Waals surface area contributed by atoms with Gasteiger partial charge in [-0.25, -0.2) is 0 Å². The molecule has 0 saturated heterocycles. The van der Waals surface area contributed by atoms with E-state index in [1.807, 2.05) is 30.3 Å². The van der Waals surface area contributed by atoms with Crippen LogP contribution in [0.15, 0.2) is 30.3 Å². The number of hydrogen-bond acceptors (Lipinski definition) is 1. The zero-order chi connectivity index (χ0) is 5.11. The summed E-state index contributed by atoms with van der Waals surface area (Å²) >= 11 is 0. The van der Waals surface area contributed by atoms with Crippen LogP contribution in [0.4, 0.5) is 5.69 Å². The largest absolute Gasteiger partial charge is 0.399 e. The molecule has 0 spiro atoms. The summed E-state index contributed by atoms with van der Waals surface area (Å²) in [5, 5.41) is 0. The summed E-state index contributed by atoms with van der Waals surface area (Å²) in [4.78, 5) is 0. The molecular weight excluding hydrogens is 155 g/mol. The molecule has 2 N–H and O–H groups in total. The summed E-state index contributed by atoms with van der Waals surface area (Å²) < 4.78 is 0. The second-order valence-electron chi connectivity index (χ2n) is 1.41. The number of anilines is 1. The van der Waals surface area contributed by atoms with Gasteiger partial charge in [-0.1, -0.05) is 18.2 Å². The van der Waals surface area contributed by atoms with Gasteiger partial charge in [0.15, 0.2) is 0 Å². The molecule has 0 bridgehead atoms. The first kappa shape index (κ1) is 17.9. The minimum atomic E-state index is 0. The van der Waals surface area contributed by atoms with E-state index in [0.717, 1.165) is 5.69 Å². The Labute approximate surface area is 128 Å². The van der Waals surface area contributed by atoms with Crippen LogP contribution in [0, 0.1) is 0 Å². The molecule has 10 heavy (non-hydrogen) atoms. The van der Waals surface area contributed by atoms with Crippen molar-refractivity contribution < 1.29 is 0 Å². The topological polar surface area (TPSA) is 26.0 Å². The summed E-state index contributed by atoms with van der Waals surface area (Å²) in [5.41, 5.74) is 6.18. The minimum absolute atomic E-state index is 0. The molecule has 0 atom stereocenters. The normalized spacial score (nSPS) is 6.00. The second kappa shape index (κ2) is 11.0. The Bertz CT molecular complexity index is 143. The smallest absolute Gasteiger partial charge is 0.0313 e. The van der Waals surface area contributed by atoms with Gasteiger partial charge in [0.2, 0.25) is 0 Å². The molecule has 0 amide bonds. The number of nitrogen functional groups attached to an aromatic ring is 1. The zero-order valence-electron chi connectivity index (χ0n) is 6.96. The molecule has 3 radical (unpaired) electrons. The fraction of sp³-hybridized carbons (Fsp3) is 0. The molecule has 0 aromatic heterocycles. The summed E-state index contributed by atoms with van der Waals surface area (Å²) in [6.45, 7) is 0. The van der Waals surface area contributed by atoms with Crippen LogP contribution in [0.2, 0.25) is 0 Å². The van der Waals surface area contributed by atoms with E-state index in [-0.39, 0.29) is 88.7 Å². The van der Waals surface area contributed by atoms with Gasteiger partial charge in [0, 0.05) is 94.4 Å². The van der Waals surface area contributed by atoms with Gasteiger partial charge in [-0.2, -0.15) is 0 Å². The predicted octanol–water partition coefficient (Wildman–Crippen LogP) is 0.126. The van der Waals surface area contributed by atoms with Crippen molar-refractivity contribution in [3.8, 4) is 0 Å². The van der Waals surface area contributed by atoms with Gasteiger partial charge in [0.05, 0.1) is 0 Å². The molecule has 39 valence electrons. The fourth-order valence-electron chi connectivity index (χ4n) is 0.453. The number of hydrogen-bond donors (Lipinski definition) is 1. The fourth-order valence-corrected chi connectivity index (χ4v) is 0.453. The average Bonchev–Trinajstić information content (AvgIpc) is 1.69. The Morgan fingerprint density at radius 1 is 0.800 bits per heavy atom. The van der Waals surface area contributed by atoms with Crippen LogP contribution >= 0.6 is 0 Å². The number of nitrogens with two attached hydrogens (primary N) is 1. The molecule has 0 fully saturated rings. The zero-order valence-corrected chi connectivity index (χ0v) is 13.0. The van der Waals surface area contributed by atoms with Gasteiger partial charge in [0.1, 0.15) is 0 Å². The van der Waals surface area contributed by atoms with Crippen molar-refractivity contribution >= 4 is 94.4 Å². The molecule has 1 nitrogen and oxygen atoms in total. The maximum absolute atomic E-state index is 5.36. The van der Waals surface area contributed by atoms with E-state index >= 15 is 0 Å². The summed E-state index contributed by atoms with van der Waals surface area (Å²) in [6, 6.07) is 9.49. The Kier molecular flexibility index (Phi) is 19.8. The van der Waals surface area contributed by atoms with Gasteiger partial charge in [0.25, 0.3) is 0 Å². The molecule has 4 heteroatoms. The number of rotatable bonds is 0. The third-order valence-corrected chi connectivity index (χ3v) is 0.800. The van der Waals surface area contributed by atoms with E-state index in [4.69, 9.17) is 5.73 Å². The third-order valence-electron chi connectivity index (χ3n) is 0.800. The average molecular weight is 162 g/mol. The van der Waals surface area contributed by atoms with Crippen molar-refractivity contribution in [1.29, 1.82) is 0 Å². The van der Waals surface area contributed by atoms with E-state index in [1.165, 1.54) is 0 Å². The van der Waals surface area contributed by atoms with Crippen LogP contribution in [0.5, 0.6) is 0 Å². The molecule has 0 heterocycles. The second-order valence-corrected chi connectivity index (χ2v) is 1.41. The SMILES string of the molecule is Nc1ccccc1.[Na].[Na].[Na]. The first-order valence-corrected chi connectivity index (χ1v) is 2.20. The quantitative estimate of drug-likeness (QED) is 0.425. The Morgan fingerprint density at radius 2 is 1.20 bits per heavy atom. The van der Waals surface area contributed by atoms with Crippen LogP contribution < -0.4 is 5.73 Å². The number of para-hydroxylation sites is 1. The van der Waals surface area contributed by atoms with Crippen LogP contribution in [0.1, 0.15) is 0 Å². The van der Waals surface area contributed by atoms with Crippen molar-refractivity contribution in [1.82, 2.24) is 0 Å². The van der Waals surface area contributed by atoms with Gasteiger partial charge in [-0.15, -0.1) is 0 Å².